The van der Waals surface area contributed by atoms with E-state index in [1.165, 1.54) is 57.8 Å². The number of unbranched alkanes of at least 4 members (excludes halogenated alkanes) is 3. The van der Waals surface area contributed by atoms with Gasteiger partial charge in [-0.1, -0.05) is 77.7 Å². The van der Waals surface area contributed by atoms with Crippen molar-refractivity contribution in [1.82, 2.24) is 9.97 Å². The molecule has 1 aromatic carbocycles. The summed E-state index contributed by atoms with van der Waals surface area (Å²) in [6.45, 7) is 5.22. The predicted molar refractivity (Wildman–Crippen MR) is 133 cm³/mol. The fraction of sp³-hybridized carbons (Fsp3) is 0.630. The van der Waals surface area contributed by atoms with Crippen LogP contribution in [0, 0.1) is 11.8 Å². The summed E-state index contributed by atoms with van der Waals surface area (Å²) in [5.74, 6) is 3.73. The monoisotopic (exact) mass is 486 g/mol. The molecule has 31 heavy (non-hydrogen) atoms. The number of benzene rings is 1. The highest BCUT2D eigenvalue weighted by Gasteiger charge is 2.21. The van der Waals surface area contributed by atoms with E-state index in [9.17, 15) is 0 Å². The first-order valence-corrected chi connectivity index (χ1v) is 13.2. The Morgan fingerprint density at radius 3 is 2.19 bits per heavy atom. The van der Waals surface area contributed by atoms with E-state index in [1.807, 2.05) is 18.5 Å². The summed E-state index contributed by atoms with van der Waals surface area (Å²) in [4.78, 5) is 9.32. The fourth-order valence-corrected chi connectivity index (χ4v) is 5.08. The maximum Gasteiger partial charge on any atom is 0.133 e. The zero-order chi connectivity index (χ0) is 21.9. The van der Waals surface area contributed by atoms with Crippen LogP contribution >= 0.6 is 15.9 Å². The Morgan fingerprint density at radius 1 is 0.871 bits per heavy atom. The number of hydrogen-bond donors (Lipinski definition) is 0. The Balaban J connectivity index is 1.45. The van der Waals surface area contributed by atoms with E-state index < -0.39 is 0 Å². The van der Waals surface area contributed by atoms with Crippen LogP contribution in [0.2, 0.25) is 0 Å². The van der Waals surface area contributed by atoms with Crippen LogP contribution < -0.4 is 4.74 Å². The van der Waals surface area contributed by atoms with Crippen LogP contribution in [-0.2, 0) is 6.42 Å². The first-order valence-electron chi connectivity index (χ1n) is 12.4. The molecular weight excluding hydrogens is 448 g/mol. The molecule has 3 rings (SSSR count). The number of ether oxygens (including phenoxy) is 1. The van der Waals surface area contributed by atoms with Crippen molar-refractivity contribution in [2.24, 2.45) is 11.8 Å². The molecule has 0 N–H and O–H groups in total. The van der Waals surface area contributed by atoms with Crippen molar-refractivity contribution in [2.75, 3.05) is 6.61 Å². The first kappa shape index (κ1) is 24.2. The third-order valence-corrected chi connectivity index (χ3v) is 7.30. The fourth-order valence-electron chi connectivity index (χ4n) is 4.58. The zero-order valence-corrected chi connectivity index (χ0v) is 21.0. The Bertz CT molecular complexity index is 769. The Hall–Kier alpha value is -1.42. The summed E-state index contributed by atoms with van der Waals surface area (Å²) in [5.41, 5.74) is 2.17. The number of nitrogens with zero attached hydrogens (tertiary/aromatic N) is 2. The molecule has 1 saturated carbocycles. The molecule has 1 fully saturated rings. The molecule has 2 aromatic rings. The second kappa shape index (κ2) is 13.2. The molecule has 1 aromatic heterocycles. The summed E-state index contributed by atoms with van der Waals surface area (Å²) in [5, 5.41) is 0. The van der Waals surface area contributed by atoms with Gasteiger partial charge in [-0.3, -0.25) is 0 Å². The number of halogens is 1. The summed E-state index contributed by atoms with van der Waals surface area (Å²) in [7, 11) is 0. The minimum Gasteiger partial charge on any atom is -0.492 e. The second-order valence-electron chi connectivity index (χ2n) is 9.16. The van der Waals surface area contributed by atoms with E-state index in [1.54, 1.807) is 0 Å². The molecule has 0 amide bonds. The van der Waals surface area contributed by atoms with E-state index in [4.69, 9.17) is 4.74 Å². The molecule has 3 nitrogen and oxygen atoms in total. The molecule has 0 aliphatic heterocycles. The molecule has 4 heteroatoms. The van der Waals surface area contributed by atoms with Crippen molar-refractivity contribution in [1.29, 1.82) is 0 Å². The lowest BCUT2D eigenvalue weighted by molar-refractivity contribution is 0.248. The van der Waals surface area contributed by atoms with Crippen molar-refractivity contribution in [3.63, 3.8) is 0 Å². The summed E-state index contributed by atoms with van der Waals surface area (Å²) >= 11 is 3.64. The van der Waals surface area contributed by atoms with E-state index in [-0.39, 0.29) is 0 Å². The molecule has 170 valence electrons. The number of hydrogen-bond acceptors (Lipinski definition) is 3. The van der Waals surface area contributed by atoms with Crippen LogP contribution in [0.5, 0.6) is 5.75 Å². The van der Waals surface area contributed by atoms with Gasteiger partial charge in [0.2, 0.25) is 0 Å². The lowest BCUT2D eigenvalue weighted by atomic mass is 9.78. The van der Waals surface area contributed by atoms with Gasteiger partial charge < -0.3 is 4.74 Å². The van der Waals surface area contributed by atoms with Crippen molar-refractivity contribution < 1.29 is 4.74 Å². The SMILES string of the molecule is CCCCCC1CCC(CCc2ncc(-c3ccc(OCCCC)c(Br)c3)cn2)CC1. The van der Waals surface area contributed by atoms with Gasteiger partial charge in [0.25, 0.3) is 0 Å². The standard InChI is InChI=1S/C27H39BrN2O/c1-3-5-7-8-21-9-11-22(12-10-21)13-16-27-29-19-24(20-30-27)23-14-15-26(25(28)18-23)31-17-6-4-2/h14-15,18-22H,3-13,16-17H2,1-2H3. The molecule has 0 unspecified atom stereocenters. The summed E-state index contributed by atoms with van der Waals surface area (Å²) in [6.07, 6.45) is 19.7. The molecular formula is C27H39BrN2O. The lowest BCUT2D eigenvalue weighted by Crippen LogP contribution is -2.15. The van der Waals surface area contributed by atoms with Gasteiger partial charge in [0.05, 0.1) is 11.1 Å². The van der Waals surface area contributed by atoms with Crippen LogP contribution in [0.25, 0.3) is 11.1 Å². The minimum absolute atomic E-state index is 0.757. The minimum atomic E-state index is 0.757. The van der Waals surface area contributed by atoms with Crippen LogP contribution in [0.4, 0.5) is 0 Å². The number of aromatic nitrogens is 2. The Kier molecular flexibility index (Phi) is 10.3. The Morgan fingerprint density at radius 2 is 1.55 bits per heavy atom. The average molecular weight is 488 g/mol. The summed E-state index contributed by atoms with van der Waals surface area (Å²) in [6, 6.07) is 6.21. The van der Waals surface area contributed by atoms with Crippen LogP contribution in [0.1, 0.15) is 90.3 Å². The normalized spacial score (nSPS) is 18.8. The van der Waals surface area contributed by atoms with Crippen molar-refractivity contribution >= 4 is 15.9 Å². The van der Waals surface area contributed by atoms with Crippen molar-refractivity contribution in [2.45, 2.75) is 90.9 Å². The van der Waals surface area contributed by atoms with Gasteiger partial charge in [-0.05, 0) is 58.3 Å². The lowest BCUT2D eigenvalue weighted by Gasteiger charge is -2.28. The van der Waals surface area contributed by atoms with Gasteiger partial charge in [-0.2, -0.15) is 0 Å². The quantitative estimate of drug-likeness (QED) is 0.282. The van der Waals surface area contributed by atoms with Crippen LogP contribution in [0.15, 0.2) is 35.1 Å². The topological polar surface area (TPSA) is 35.0 Å². The van der Waals surface area contributed by atoms with Crippen molar-refractivity contribution in [3.8, 4) is 16.9 Å². The molecule has 1 aliphatic rings. The summed E-state index contributed by atoms with van der Waals surface area (Å²) < 4.78 is 6.81. The molecule has 1 aliphatic carbocycles. The molecule has 1 heterocycles. The highest BCUT2D eigenvalue weighted by atomic mass is 79.9. The van der Waals surface area contributed by atoms with Gasteiger partial charge in [-0.15, -0.1) is 0 Å². The van der Waals surface area contributed by atoms with Gasteiger partial charge in [0, 0.05) is 24.4 Å². The highest BCUT2D eigenvalue weighted by molar-refractivity contribution is 9.10. The Labute approximate surface area is 197 Å². The first-order chi connectivity index (χ1) is 15.2. The van der Waals surface area contributed by atoms with E-state index in [2.05, 4.69) is 51.9 Å². The van der Waals surface area contributed by atoms with Crippen molar-refractivity contribution in [3.05, 3.63) is 40.9 Å². The molecule has 0 bridgehead atoms. The van der Waals surface area contributed by atoms with Gasteiger partial charge in [0.1, 0.15) is 11.6 Å². The second-order valence-corrected chi connectivity index (χ2v) is 10.0. The third kappa shape index (κ3) is 7.89. The molecule has 0 saturated heterocycles. The van der Waals surface area contributed by atoms with Crippen LogP contribution in [-0.4, -0.2) is 16.6 Å². The van der Waals surface area contributed by atoms with Gasteiger partial charge in [-0.25, -0.2) is 9.97 Å². The van der Waals surface area contributed by atoms with Gasteiger partial charge in [0.15, 0.2) is 0 Å². The maximum atomic E-state index is 5.83. The number of rotatable bonds is 12. The smallest absolute Gasteiger partial charge is 0.133 e. The zero-order valence-electron chi connectivity index (χ0n) is 19.4. The van der Waals surface area contributed by atoms with Crippen LogP contribution in [0.3, 0.4) is 0 Å². The molecule has 0 atom stereocenters. The van der Waals surface area contributed by atoms with E-state index in [0.717, 1.165) is 64.9 Å². The third-order valence-electron chi connectivity index (χ3n) is 6.68. The molecule has 0 spiro atoms. The largest absolute Gasteiger partial charge is 0.492 e. The van der Waals surface area contributed by atoms with E-state index >= 15 is 0 Å². The number of aryl methyl sites for hydroxylation is 1. The predicted octanol–water partition coefficient (Wildman–Crippen LogP) is 8.40. The average Bonchev–Trinajstić information content (AvgIpc) is 2.80. The van der Waals surface area contributed by atoms with E-state index in [0.29, 0.717) is 0 Å². The maximum absolute atomic E-state index is 5.83. The highest BCUT2D eigenvalue weighted by Crippen LogP contribution is 2.34. The molecule has 0 radical (unpaired) electrons. The van der Waals surface area contributed by atoms with Gasteiger partial charge >= 0.3 is 0 Å².